The molecule has 1 aromatic rings. The van der Waals surface area contributed by atoms with Crippen molar-refractivity contribution in [2.45, 2.75) is 20.0 Å². The van der Waals surface area contributed by atoms with Crippen LogP contribution < -0.4 is 4.90 Å². The average molecular weight is 238 g/mol. The fourth-order valence-corrected chi connectivity index (χ4v) is 2.10. The third kappa shape index (κ3) is 2.39. The van der Waals surface area contributed by atoms with E-state index in [1.807, 2.05) is 18.2 Å². The zero-order chi connectivity index (χ0) is 11.5. The lowest BCUT2D eigenvalue weighted by Gasteiger charge is -2.27. The van der Waals surface area contributed by atoms with Gasteiger partial charge in [0.15, 0.2) is 0 Å². The van der Waals surface area contributed by atoms with Crippen LogP contribution in [0.15, 0.2) is 29.8 Å². The molecule has 0 bridgehead atoms. The van der Waals surface area contributed by atoms with E-state index in [0.29, 0.717) is 5.02 Å². The van der Waals surface area contributed by atoms with E-state index in [2.05, 4.69) is 17.9 Å². The second-order valence-electron chi connectivity index (χ2n) is 4.18. The number of hydrogen-bond acceptors (Lipinski definition) is 2. The first kappa shape index (κ1) is 11.5. The largest absolute Gasteiger partial charge is 0.392 e. The summed E-state index contributed by atoms with van der Waals surface area (Å²) in [6.45, 7) is 4.15. The summed E-state index contributed by atoms with van der Waals surface area (Å²) in [6.07, 6.45) is 3.36. The fraction of sp³-hybridized carbons (Fsp3) is 0.385. The van der Waals surface area contributed by atoms with Crippen LogP contribution in [-0.4, -0.2) is 18.2 Å². The lowest BCUT2D eigenvalue weighted by molar-refractivity contribution is 0.282. The molecule has 1 N–H and O–H groups in total. The van der Waals surface area contributed by atoms with E-state index in [-0.39, 0.29) is 6.61 Å². The Bertz CT molecular complexity index is 414. The summed E-state index contributed by atoms with van der Waals surface area (Å²) in [4.78, 5) is 2.29. The van der Waals surface area contributed by atoms with Crippen molar-refractivity contribution >= 4 is 17.3 Å². The van der Waals surface area contributed by atoms with Crippen LogP contribution in [-0.2, 0) is 6.61 Å². The van der Waals surface area contributed by atoms with Crippen LogP contribution in [0, 0.1) is 0 Å². The molecular weight excluding hydrogens is 222 g/mol. The van der Waals surface area contributed by atoms with E-state index < -0.39 is 0 Å². The smallest absolute Gasteiger partial charge is 0.0696 e. The molecule has 0 unspecified atom stereocenters. The number of aliphatic hydroxyl groups excluding tert-OH is 1. The van der Waals surface area contributed by atoms with Crippen LogP contribution in [0.2, 0.25) is 5.02 Å². The lowest BCUT2D eigenvalue weighted by atomic mass is 10.1. The van der Waals surface area contributed by atoms with Gasteiger partial charge in [-0.05, 0) is 31.0 Å². The van der Waals surface area contributed by atoms with Crippen LogP contribution in [0.1, 0.15) is 18.9 Å². The number of benzene rings is 1. The molecule has 1 aliphatic rings. The van der Waals surface area contributed by atoms with Gasteiger partial charge in [-0.25, -0.2) is 0 Å². The number of nitrogens with zero attached hydrogens (tertiary/aromatic N) is 1. The minimum atomic E-state index is -0.00186. The second kappa shape index (κ2) is 4.89. The maximum absolute atomic E-state index is 9.05. The molecule has 2 rings (SSSR count). The predicted molar refractivity (Wildman–Crippen MR) is 68.0 cm³/mol. The van der Waals surface area contributed by atoms with Gasteiger partial charge in [-0.15, -0.1) is 0 Å². The van der Waals surface area contributed by atoms with E-state index in [0.717, 1.165) is 30.8 Å². The van der Waals surface area contributed by atoms with Gasteiger partial charge < -0.3 is 10.0 Å². The van der Waals surface area contributed by atoms with Gasteiger partial charge in [0.2, 0.25) is 0 Å². The Morgan fingerprint density at radius 3 is 2.81 bits per heavy atom. The van der Waals surface area contributed by atoms with E-state index in [1.165, 1.54) is 5.57 Å². The van der Waals surface area contributed by atoms with Crippen molar-refractivity contribution in [3.8, 4) is 0 Å². The molecule has 2 nitrogen and oxygen atoms in total. The SMILES string of the molecule is CC1=CCN(c2ccc(CO)c(Cl)c2)CC1. The summed E-state index contributed by atoms with van der Waals surface area (Å²) < 4.78 is 0. The van der Waals surface area contributed by atoms with E-state index in [4.69, 9.17) is 16.7 Å². The summed E-state index contributed by atoms with van der Waals surface area (Å²) in [6, 6.07) is 5.84. The Morgan fingerprint density at radius 2 is 2.25 bits per heavy atom. The zero-order valence-electron chi connectivity index (χ0n) is 9.41. The first-order valence-electron chi connectivity index (χ1n) is 5.50. The summed E-state index contributed by atoms with van der Waals surface area (Å²) in [5.74, 6) is 0. The van der Waals surface area contributed by atoms with Crippen LogP contribution in [0.4, 0.5) is 5.69 Å². The topological polar surface area (TPSA) is 23.5 Å². The Balaban J connectivity index is 2.19. The van der Waals surface area contributed by atoms with Crippen LogP contribution >= 0.6 is 11.6 Å². The van der Waals surface area contributed by atoms with Gasteiger partial charge in [-0.1, -0.05) is 29.3 Å². The fourth-order valence-electron chi connectivity index (χ4n) is 1.87. The van der Waals surface area contributed by atoms with Crippen molar-refractivity contribution in [1.82, 2.24) is 0 Å². The molecule has 0 aromatic heterocycles. The Morgan fingerprint density at radius 1 is 1.44 bits per heavy atom. The molecule has 1 aromatic carbocycles. The standard InChI is InChI=1S/C13H16ClNO/c1-10-4-6-15(7-5-10)12-3-2-11(9-16)13(14)8-12/h2-4,8,16H,5-7,9H2,1H3. The highest BCUT2D eigenvalue weighted by molar-refractivity contribution is 6.31. The minimum absolute atomic E-state index is 0.00186. The van der Waals surface area contributed by atoms with Gasteiger partial charge in [-0.2, -0.15) is 0 Å². The molecule has 86 valence electrons. The van der Waals surface area contributed by atoms with Gasteiger partial charge in [-0.3, -0.25) is 0 Å². The Labute approximate surface area is 101 Å². The third-order valence-electron chi connectivity index (χ3n) is 3.01. The van der Waals surface area contributed by atoms with Crippen molar-refractivity contribution in [2.24, 2.45) is 0 Å². The Hall–Kier alpha value is -0.990. The highest BCUT2D eigenvalue weighted by Gasteiger charge is 2.11. The molecule has 0 fully saturated rings. The maximum Gasteiger partial charge on any atom is 0.0696 e. The molecule has 16 heavy (non-hydrogen) atoms. The minimum Gasteiger partial charge on any atom is -0.392 e. The molecule has 0 aliphatic carbocycles. The van der Waals surface area contributed by atoms with Crippen LogP contribution in [0.5, 0.6) is 0 Å². The number of rotatable bonds is 2. The number of aliphatic hydroxyl groups is 1. The van der Waals surface area contributed by atoms with Crippen LogP contribution in [0.3, 0.4) is 0 Å². The molecule has 3 heteroatoms. The lowest BCUT2D eigenvalue weighted by Crippen LogP contribution is -2.28. The summed E-state index contributed by atoms with van der Waals surface area (Å²) in [7, 11) is 0. The number of halogens is 1. The van der Waals surface area contributed by atoms with Gasteiger partial charge in [0.05, 0.1) is 6.61 Å². The third-order valence-corrected chi connectivity index (χ3v) is 3.36. The molecular formula is C13H16ClNO. The monoisotopic (exact) mass is 237 g/mol. The van der Waals surface area contributed by atoms with Gasteiger partial charge in [0.1, 0.15) is 0 Å². The van der Waals surface area contributed by atoms with Crippen molar-refractivity contribution in [1.29, 1.82) is 0 Å². The molecule has 0 saturated carbocycles. The van der Waals surface area contributed by atoms with Gasteiger partial charge in [0, 0.05) is 23.8 Å². The quantitative estimate of drug-likeness (QED) is 0.800. The first-order valence-corrected chi connectivity index (χ1v) is 5.88. The number of hydrogen-bond donors (Lipinski definition) is 1. The zero-order valence-corrected chi connectivity index (χ0v) is 10.2. The van der Waals surface area contributed by atoms with Crippen molar-refractivity contribution in [2.75, 3.05) is 18.0 Å². The van der Waals surface area contributed by atoms with E-state index >= 15 is 0 Å². The highest BCUT2D eigenvalue weighted by Crippen LogP contribution is 2.25. The average Bonchev–Trinajstić information content (AvgIpc) is 2.30. The molecule has 1 aliphatic heterocycles. The molecule has 0 atom stereocenters. The van der Waals surface area contributed by atoms with E-state index in [9.17, 15) is 0 Å². The van der Waals surface area contributed by atoms with Crippen molar-refractivity contribution in [3.05, 3.63) is 40.4 Å². The molecule has 1 heterocycles. The first-order chi connectivity index (χ1) is 7.70. The molecule has 0 radical (unpaired) electrons. The van der Waals surface area contributed by atoms with Crippen molar-refractivity contribution < 1.29 is 5.11 Å². The predicted octanol–water partition coefficient (Wildman–Crippen LogP) is 2.99. The van der Waals surface area contributed by atoms with Crippen molar-refractivity contribution in [3.63, 3.8) is 0 Å². The summed E-state index contributed by atoms with van der Waals surface area (Å²) in [5.41, 5.74) is 3.37. The Kier molecular flexibility index (Phi) is 3.52. The number of anilines is 1. The second-order valence-corrected chi connectivity index (χ2v) is 4.59. The maximum atomic E-state index is 9.05. The molecule has 0 saturated heterocycles. The van der Waals surface area contributed by atoms with Gasteiger partial charge in [0.25, 0.3) is 0 Å². The normalized spacial score (nSPS) is 16.2. The van der Waals surface area contributed by atoms with Crippen LogP contribution in [0.25, 0.3) is 0 Å². The van der Waals surface area contributed by atoms with Gasteiger partial charge >= 0.3 is 0 Å². The highest BCUT2D eigenvalue weighted by atomic mass is 35.5. The molecule has 0 spiro atoms. The van der Waals surface area contributed by atoms with E-state index in [1.54, 1.807) is 0 Å². The molecule has 0 amide bonds. The summed E-state index contributed by atoms with van der Waals surface area (Å²) in [5, 5.41) is 9.69. The summed E-state index contributed by atoms with van der Waals surface area (Å²) >= 11 is 6.08.